The zero-order valence-corrected chi connectivity index (χ0v) is 10.8. The lowest BCUT2D eigenvalue weighted by molar-refractivity contribution is -0.137. The minimum Gasteiger partial charge on any atom is -0.481 e. The molecule has 1 aromatic rings. The molecule has 0 aromatic heterocycles. The van der Waals surface area contributed by atoms with Gasteiger partial charge in [0, 0.05) is 32.2 Å². The van der Waals surface area contributed by atoms with Crippen LogP contribution >= 0.6 is 0 Å². The molecule has 4 heteroatoms. The summed E-state index contributed by atoms with van der Waals surface area (Å²) in [5, 5.41) is 11.8. The second-order valence-corrected chi connectivity index (χ2v) is 4.81. The fraction of sp³-hybridized carbons (Fsp3) is 0.500. The minimum absolute atomic E-state index is 0.238. The van der Waals surface area contributed by atoms with E-state index in [1.807, 2.05) is 0 Å². The van der Waals surface area contributed by atoms with Crippen molar-refractivity contribution in [3.8, 4) is 0 Å². The van der Waals surface area contributed by atoms with E-state index in [9.17, 15) is 4.79 Å². The molecule has 2 N–H and O–H groups in total. The molecule has 98 valence electrons. The van der Waals surface area contributed by atoms with Gasteiger partial charge in [0.25, 0.3) is 0 Å². The maximum absolute atomic E-state index is 10.4. The second-order valence-electron chi connectivity index (χ2n) is 4.81. The van der Waals surface area contributed by atoms with Gasteiger partial charge in [-0.15, -0.1) is 0 Å². The van der Waals surface area contributed by atoms with Crippen molar-refractivity contribution in [2.75, 3.05) is 25.0 Å². The number of carbonyl (C=O) groups is 1. The third-order valence-electron chi connectivity index (χ3n) is 3.35. The van der Waals surface area contributed by atoms with Crippen LogP contribution in [0.25, 0.3) is 0 Å². The number of hydrogen-bond donors (Lipinski definition) is 2. The summed E-state index contributed by atoms with van der Waals surface area (Å²) in [4.78, 5) is 12.6. The summed E-state index contributed by atoms with van der Waals surface area (Å²) in [6, 6.07) is 6.57. The predicted molar refractivity (Wildman–Crippen MR) is 72.0 cm³/mol. The molecule has 2 rings (SSSR count). The van der Waals surface area contributed by atoms with Crippen molar-refractivity contribution in [3.05, 3.63) is 29.3 Å². The topological polar surface area (TPSA) is 52.6 Å². The lowest BCUT2D eigenvalue weighted by Gasteiger charge is -2.12. The number of carboxylic acid groups (broad SMARTS) is 1. The van der Waals surface area contributed by atoms with Gasteiger partial charge in [-0.3, -0.25) is 4.79 Å². The Morgan fingerprint density at radius 2 is 2.33 bits per heavy atom. The highest BCUT2D eigenvalue weighted by molar-refractivity contribution is 5.66. The van der Waals surface area contributed by atoms with Crippen LogP contribution < -0.4 is 10.2 Å². The second kappa shape index (κ2) is 5.87. The zero-order chi connectivity index (χ0) is 13.0. The normalized spacial score (nSPS) is 13.7. The molecule has 1 heterocycles. The first-order chi connectivity index (χ1) is 8.66. The summed E-state index contributed by atoms with van der Waals surface area (Å²) in [5.74, 6) is -0.725. The molecule has 1 aliphatic rings. The van der Waals surface area contributed by atoms with Crippen LogP contribution in [-0.4, -0.2) is 31.2 Å². The molecule has 0 aliphatic carbocycles. The number of carboxylic acids is 1. The largest absolute Gasteiger partial charge is 0.481 e. The van der Waals surface area contributed by atoms with Gasteiger partial charge in [0.2, 0.25) is 0 Å². The fourth-order valence-electron chi connectivity index (χ4n) is 2.33. The summed E-state index contributed by atoms with van der Waals surface area (Å²) in [6.07, 6.45) is 2.05. The molecule has 0 saturated carbocycles. The third-order valence-corrected chi connectivity index (χ3v) is 3.35. The van der Waals surface area contributed by atoms with E-state index in [4.69, 9.17) is 5.11 Å². The Hall–Kier alpha value is -1.55. The quantitative estimate of drug-likeness (QED) is 0.751. The van der Waals surface area contributed by atoms with Crippen molar-refractivity contribution in [2.45, 2.75) is 25.8 Å². The van der Waals surface area contributed by atoms with Gasteiger partial charge >= 0.3 is 5.97 Å². The number of likely N-dealkylation sites (N-methyl/N-ethyl adjacent to an activating group) is 1. The Kier molecular flexibility index (Phi) is 4.20. The number of benzene rings is 1. The molecular formula is C14H20N2O2. The molecular weight excluding hydrogens is 228 g/mol. The van der Waals surface area contributed by atoms with E-state index < -0.39 is 5.97 Å². The van der Waals surface area contributed by atoms with E-state index in [0.717, 1.165) is 26.1 Å². The van der Waals surface area contributed by atoms with Gasteiger partial charge in [-0.05, 0) is 36.6 Å². The van der Waals surface area contributed by atoms with Crippen LogP contribution in [0.2, 0.25) is 0 Å². The van der Waals surface area contributed by atoms with E-state index in [2.05, 4.69) is 35.5 Å². The van der Waals surface area contributed by atoms with E-state index in [1.165, 1.54) is 16.8 Å². The summed E-state index contributed by atoms with van der Waals surface area (Å²) < 4.78 is 0. The Labute approximate surface area is 108 Å². The first kappa shape index (κ1) is 12.9. The minimum atomic E-state index is -0.725. The molecule has 0 unspecified atom stereocenters. The van der Waals surface area contributed by atoms with Crippen LogP contribution in [-0.2, 0) is 17.8 Å². The summed E-state index contributed by atoms with van der Waals surface area (Å²) in [6.45, 7) is 2.67. The van der Waals surface area contributed by atoms with Crippen molar-refractivity contribution >= 4 is 11.7 Å². The van der Waals surface area contributed by atoms with Crippen LogP contribution in [0.1, 0.15) is 24.0 Å². The number of nitrogens with one attached hydrogen (secondary N) is 1. The van der Waals surface area contributed by atoms with Crippen LogP contribution in [0.15, 0.2) is 18.2 Å². The van der Waals surface area contributed by atoms with Gasteiger partial charge in [0.05, 0.1) is 0 Å². The predicted octanol–water partition coefficient (Wildman–Crippen LogP) is 1.63. The van der Waals surface area contributed by atoms with E-state index >= 15 is 0 Å². The smallest absolute Gasteiger partial charge is 0.303 e. The first-order valence-electron chi connectivity index (χ1n) is 6.42. The lowest BCUT2D eigenvalue weighted by Crippen LogP contribution is -2.16. The zero-order valence-electron chi connectivity index (χ0n) is 10.8. The number of hydrogen-bond acceptors (Lipinski definition) is 3. The van der Waals surface area contributed by atoms with Gasteiger partial charge in [-0.25, -0.2) is 0 Å². The Morgan fingerprint density at radius 1 is 1.50 bits per heavy atom. The highest BCUT2D eigenvalue weighted by atomic mass is 16.4. The fourth-order valence-corrected chi connectivity index (χ4v) is 2.33. The summed E-state index contributed by atoms with van der Waals surface area (Å²) >= 11 is 0. The standard InChI is InChI=1S/C14H20N2O2/c1-16-8-6-12-9-11(4-5-13(12)16)10-15-7-2-3-14(17)18/h4-5,9,15H,2-3,6-8,10H2,1H3,(H,17,18). The van der Waals surface area contributed by atoms with Gasteiger partial charge in [-0.1, -0.05) is 12.1 Å². The molecule has 0 atom stereocenters. The maximum Gasteiger partial charge on any atom is 0.303 e. The van der Waals surface area contributed by atoms with E-state index in [0.29, 0.717) is 6.42 Å². The first-order valence-corrected chi connectivity index (χ1v) is 6.42. The molecule has 0 amide bonds. The van der Waals surface area contributed by atoms with Crippen LogP contribution in [0.3, 0.4) is 0 Å². The number of anilines is 1. The number of rotatable bonds is 6. The lowest BCUT2D eigenvalue weighted by atomic mass is 10.1. The van der Waals surface area contributed by atoms with Crippen LogP contribution in [0.5, 0.6) is 0 Å². The average Bonchev–Trinajstić information content (AvgIpc) is 2.70. The van der Waals surface area contributed by atoms with Crippen molar-refractivity contribution < 1.29 is 9.90 Å². The highest BCUT2D eigenvalue weighted by Crippen LogP contribution is 2.27. The average molecular weight is 248 g/mol. The Bertz CT molecular complexity index is 432. The number of aliphatic carboxylic acids is 1. The molecule has 0 fully saturated rings. The number of nitrogens with zero attached hydrogens (tertiary/aromatic N) is 1. The van der Waals surface area contributed by atoms with E-state index in [1.54, 1.807) is 0 Å². The van der Waals surface area contributed by atoms with E-state index in [-0.39, 0.29) is 6.42 Å². The monoisotopic (exact) mass is 248 g/mol. The van der Waals surface area contributed by atoms with Crippen LogP contribution in [0, 0.1) is 0 Å². The summed E-state index contributed by atoms with van der Waals surface area (Å²) in [7, 11) is 2.12. The highest BCUT2D eigenvalue weighted by Gasteiger charge is 2.15. The molecule has 0 saturated heterocycles. The van der Waals surface area contributed by atoms with Gasteiger partial charge in [0.1, 0.15) is 0 Å². The molecule has 1 aliphatic heterocycles. The Morgan fingerprint density at radius 3 is 3.11 bits per heavy atom. The molecule has 18 heavy (non-hydrogen) atoms. The molecule has 0 spiro atoms. The summed E-state index contributed by atoms with van der Waals surface area (Å²) in [5.41, 5.74) is 4.03. The molecule has 0 bridgehead atoms. The number of fused-ring (bicyclic) bond motifs is 1. The third kappa shape index (κ3) is 3.23. The molecule has 4 nitrogen and oxygen atoms in total. The van der Waals surface area contributed by atoms with Crippen molar-refractivity contribution in [2.24, 2.45) is 0 Å². The van der Waals surface area contributed by atoms with Gasteiger partial charge in [-0.2, -0.15) is 0 Å². The molecule has 1 aromatic carbocycles. The van der Waals surface area contributed by atoms with Gasteiger partial charge in [0.15, 0.2) is 0 Å². The maximum atomic E-state index is 10.4. The SMILES string of the molecule is CN1CCc2cc(CNCCCC(=O)O)ccc21. The van der Waals surface area contributed by atoms with Crippen molar-refractivity contribution in [1.82, 2.24) is 5.32 Å². The Balaban J connectivity index is 1.79. The van der Waals surface area contributed by atoms with Gasteiger partial charge < -0.3 is 15.3 Å². The van der Waals surface area contributed by atoms with Crippen LogP contribution in [0.4, 0.5) is 5.69 Å². The van der Waals surface area contributed by atoms with Crippen molar-refractivity contribution in [3.63, 3.8) is 0 Å². The molecule has 0 radical (unpaired) electrons. The van der Waals surface area contributed by atoms with Crippen molar-refractivity contribution in [1.29, 1.82) is 0 Å².